The van der Waals surface area contributed by atoms with Gasteiger partial charge in [-0.25, -0.2) is 10.2 Å². The molecular weight excluding hydrogens is 396 g/mol. The first-order valence-electron chi connectivity index (χ1n) is 9.51. The molecule has 0 unspecified atom stereocenters. The second-order valence-corrected chi connectivity index (χ2v) is 6.59. The Kier molecular flexibility index (Phi) is 7.37. The number of carbonyl (C=O) groups excluding carboxylic acids is 2. The van der Waals surface area contributed by atoms with E-state index in [0.717, 1.165) is 5.56 Å². The maximum atomic E-state index is 12.3. The quantitative estimate of drug-likeness (QED) is 0.261. The van der Waals surface area contributed by atoms with Gasteiger partial charge in [-0.15, -0.1) is 0 Å². The zero-order valence-corrected chi connectivity index (χ0v) is 17.2. The highest BCUT2D eigenvalue weighted by Gasteiger charge is 2.09. The molecule has 7 heteroatoms. The summed E-state index contributed by atoms with van der Waals surface area (Å²) in [6.07, 6.45) is 1.45. The lowest BCUT2D eigenvalue weighted by molar-refractivity contribution is -0.123. The van der Waals surface area contributed by atoms with E-state index in [0.29, 0.717) is 28.4 Å². The van der Waals surface area contributed by atoms with Gasteiger partial charge in [0.25, 0.3) is 5.91 Å². The summed E-state index contributed by atoms with van der Waals surface area (Å²) in [6, 6.07) is 20.8. The molecule has 0 saturated heterocycles. The Bertz CT molecular complexity index is 1060. The van der Waals surface area contributed by atoms with Crippen LogP contribution in [0.25, 0.3) is 0 Å². The summed E-state index contributed by atoms with van der Waals surface area (Å²) in [5.41, 5.74) is 4.56. The number of methoxy groups -OCH3 is 1. The smallest absolute Gasteiger partial charge is 0.343 e. The van der Waals surface area contributed by atoms with Crippen LogP contribution in [0.15, 0.2) is 77.9 Å². The van der Waals surface area contributed by atoms with Crippen LogP contribution in [0.5, 0.6) is 17.2 Å². The van der Waals surface area contributed by atoms with Crippen LogP contribution in [0.1, 0.15) is 21.5 Å². The predicted molar refractivity (Wildman–Crippen MR) is 117 cm³/mol. The molecule has 0 aliphatic carbocycles. The van der Waals surface area contributed by atoms with Crippen molar-refractivity contribution in [3.8, 4) is 17.2 Å². The SMILES string of the molecule is COc1ccc(C(=O)Oc2cccc(/C=N/NC(=O)COc3ccc(C)cc3)c2)cc1. The fourth-order valence-corrected chi connectivity index (χ4v) is 2.55. The molecule has 1 amide bonds. The van der Waals surface area contributed by atoms with E-state index in [2.05, 4.69) is 10.5 Å². The molecule has 3 rings (SSSR count). The van der Waals surface area contributed by atoms with Crippen molar-refractivity contribution in [2.75, 3.05) is 13.7 Å². The van der Waals surface area contributed by atoms with E-state index in [9.17, 15) is 9.59 Å². The molecule has 0 fully saturated rings. The van der Waals surface area contributed by atoms with E-state index >= 15 is 0 Å². The standard InChI is InChI=1S/C24H22N2O5/c1-17-6-10-21(11-7-17)30-16-23(27)26-25-15-18-4-3-5-22(14-18)31-24(28)19-8-12-20(29-2)13-9-19/h3-15H,16H2,1-2H3,(H,26,27)/b25-15+. The van der Waals surface area contributed by atoms with Gasteiger partial charge in [-0.1, -0.05) is 29.8 Å². The third-order valence-corrected chi connectivity index (χ3v) is 4.19. The molecule has 0 spiro atoms. The third-order valence-electron chi connectivity index (χ3n) is 4.19. The number of amides is 1. The average molecular weight is 418 g/mol. The van der Waals surface area contributed by atoms with E-state index in [4.69, 9.17) is 14.2 Å². The summed E-state index contributed by atoms with van der Waals surface area (Å²) >= 11 is 0. The van der Waals surface area contributed by atoms with Crippen LogP contribution in [-0.2, 0) is 4.79 Å². The van der Waals surface area contributed by atoms with Crippen molar-refractivity contribution >= 4 is 18.1 Å². The maximum absolute atomic E-state index is 12.3. The normalized spacial score (nSPS) is 10.5. The summed E-state index contributed by atoms with van der Waals surface area (Å²) in [7, 11) is 1.56. The Hall–Kier alpha value is -4.13. The summed E-state index contributed by atoms with van der Waals surface area (Å²) in [5, 5.41) is 3.91. The van der Waals surface area contributed by atoms with Crippen molar-refractivity contribution in [3.05, 3.63) is 89.5 Å². The molecule has 0 aliphatic heterocycles. The number of carbonyl (C=O) groups is 2. The van der Waals surface area contributed by atoms with E-state index < -0.39 is 5.97 Å². The Morgan fingerprint density at radius 2 is 1.65 bits per heavy atom. The molecule has 0 aliphatic rings. The van der Waals surface area contributed by atoms with Gasteiger partial charge >= 0.3 is 5.97 Å². The van der Waals surface area contributed by atoms with Crippen LogP contribution in [0.4, 0.5) is 0 Å². The van der Waals surface area contributed by atoms with Crippen molar-refractivity contribution in [1.82, 2.24) is 5.43 Å². The number of hydrogen-bond donors (Lipinski definition) is 1. The number of aryl methyl sites for hydroxylation is 1. The van der Waals surface area contributed by atoms with Crippen LogP contribution in [0.2, 0.25) is 0 Å². The minimum absolute atomic E-state index is 0.153. The summed E-state index contributed by atoms with van der Waals surface area (Å²) in [5.74, 6) is 0.744. The van der Waals surface area contributed by atoms with Crippen molar-refractivity contribution in [3.63, 3.8) is 0 Å². The van der Waals surface area contributed by atoms with Crippen LogP contribution < -0.4 is 19.6 Å². The van der Waals surface area contributed by atoms with Gasteiger partial charge in [0.05, 0.1) is 18.9 Å². The zero-order valence-electron chi connectivity index (χ0n) is 17.2. The Labute approximate surface area is 180 Å². The van der Waals surface area contributed by atoms with Crippen LogP contribution >= 0.6 is 0 Å². The fraction of sp³-hybridized carbons (Fsp3) is 0.125. The molecule has 31 heavy (non-hydrogen) atoms. The highest BCUT2D eigenvalue weighted by molar-refractivity contribution is 5.91. The second-order valence-electron chi connectivity index (χ2n) is 6.59. The lowest BCUT2D eigenvalue weighted by Gasteiger charge is -2.06. The summed E-state index contributed by atoms with van der Waals surface area (Å²) in [4.78, 5) is 24.1. The second kappa shape index (κ2) is 10.6. The minimum atomic E-state index is -0.488. The predicted octanol–water partition coefficient (Wildman–Crippen LogP) is 3.75. The largest absolute Gasteiger partial charge is 0.497 e. The van der Waals surface area contributed by atoms with Gasteiger partial charge in [-0.2, -0.15) is 5.10 Å². The Balaban J connectivity index is 1.50. The van der Waals surface area contributed by atoms with Gasteiger partial charge in [-0.05, 0) is 61.0 Å². The molecule has 3 aromatic rings. The van der Waals surface area contributed by atoms with Gasteiger partial charge in [0.15, 0.2) is 6.61 Å². The van der Waals surface area contributed by atoms with E-state index in [1.165, 1.54) is 6.21 Å². The first kappa shape index (κ1) is 21.6. The van der Waals surface area contributed by atoms with Crippen LogP contribution in [0.3, 0.4) is 0 Å². The fourth-order valence-electron chi connectivity index (χ4n) is 2.55. The van der Waals surface area contributed by atoms with Crippen molar-refractivity contribution in [2.45, 2.75) is 6.92 Å². The van der Waals surface area contributed by atoms with Gasteiger partial charge in [0, 0.05) is 0 Å². The van der Waals surface area contributed by atoms with Gasteiger partial charge in [-0.3, -0.25) is 4.79 Å². The molecule has 7 nitrogen and oxygen atoms in total. The minimum Gasteiger partial charge on any atom is -0.497 e. The number of rotatable bonds is 8. The van der Waals surface area contributed by atoms with Gasteiger partial charge < -0.3 is 14.2 Å². The number of hydrogen-bond acceptors (Lipinski definition) is 6. The lowest BCUT2D eigenvalue weighted by atomic mass is 10.2. The molecule has 1 N–H and O–H groups in total. The first-order chi connectivity index (χ1) is 15.0. The highest BCUT2D eigenvalue weighted by atomic mass is 16.5. The molecule has 0 saturated carbocycles. The molecule has 158 valence electrons. The third kappa shape index (κ3) is 6.71. The van der Waals surface area contributed by atoms with Crippen molar-refractivity contribution < 1.29 is 23.8 Å². The molecule has 0 aromatic heterocycles. The van der Waals surface area contributed by atoms with Gasteiger partial charge in [0.2, 0.25) is 0 Å². The summed E-state index contributed by atoms with van der Waals surface area (Å²) in [6.45, 7) is 1.82. The number of nitrogens with zero attached hydrogens (tertiary/aromatic N) is 1. The van der Waals surface area contributed by atoms with Crippen molar-refractivity contribution in [2.24, 2.45) is 5.10 Å². The topological polar surface area (TPSA) is 86.2 Å². The number of esters is 1. The molecule has 0 heterocycles. The molecular formula is C24H22N2O5. The zero-order chi connectivity index (χ0) is 22.1. The number of hydrazone groups is 1. The monoisotopic (exact) mass is 418 g/mol. The average Bonchev–Trinajstić information content (AvgIpc) is 2.79. The molecule has 0 radical (unpaired) electrons. The van der Waals surface area contributed by atoms with E-state index in [1.807, 2.05) is 19.1 Å². The lowest BCUT2D eigenvalue weighted by Crippen LogP contribution is -2.24. The maximum Gasteiger partial charge on any atom is 0.343 e. The number of ether oxygens (including phenoxy) is 3. The van der Waals surface area contributed by atoms with Crippen molar-refractivity contribution in [1.29, 1.82) is 0 Å². The molecule has 3 aromatic carbocycles. The Morgan fingerprint density at radius 3 is 2.35 bits per heavy atom. The molecule has 0 bridgehead atoms. The van der Waals surface area contributed by atoms with Crippen LogP contribution in [-0.4, -0.2) is 31.8 Å². The van der Waals surface area contributed by atoms with Gasteiger partial charge in [0.1, 0.15) is 17.2 Å². The van der Waals surface area contributed by atoms with Crippen LogP contribution in [0, 0.1) is 6.92 Å². The first-order valence-corrected chi connectivity index (χ1v) is 9.51. The highest BCUT2D eigenvalue weighted by Crippen LogP contribution is 2.16. The van der Waals surface area contributed by atoms with E-state index in [1.54, 1.807) is 67.8 Å². The number of benzene rings is 3. The van der Waals surface area contributed by atoms with E-state index in [-0.39, 0.29) is 12.5 Å². The molecule has 0 atom stereocenters. The Morgan fingerprint density at radius 1 is 0.935 bits per heavy atom. The number of nitrogens with one attached hydrogen (secondary N) is 1. The summed E-state index contributed by atoms with van der Waals surface area (Å²) < 4.78 is 15.9.